The number of halogens is 2. The summed E-state index contributed by atoms with van der Waals surface area (Å²) in [6.07, 6.45) is -0.0165. The molecule has 48 heavy (non-hydrogen) atoms. The first-order chi connectivity index (χ1) is 23.4. The molecule has 0 bridgehead atoms. The van der Waals surface area contributed by atoms with E-state index in [0.29, 0.717) is 30.2 Å². The molecule has 0 fully saturated rings. The van der Waals surface area contributed by atoms with E-state index in [4.69, 9.17) is 19.6 Å². The minimum absolute atomic E-state index is 0.0525. The largest absolute Gasteiger partial charge is 0.494 e. The molecule has 0 unspecified atom stereocenters. The molecular formula is C39H35BrFN3O4. The van der Waals surface area contributed by atoms with Crippen molar-refractivity contribution in [1.29, 1.82) is 0 Å². The van der Waals surface area contributed by atoms with Gasteiger partial charge in [0, 0.05) is 36.0 Å². The van der Waals surface area contributed by atoms with E-state index in [1.165, 1.54) is 12.1 Å². The molecule has 3 N–H and O–H groups in total. The molecule has 1 heterocycles. The Kier molecular flexibility index (Phi) is 10.6. The van der Waals surface area contributed by atoms with Crippen molar-refractivity contribution < 1.29 is 23.8 Å². The molecular weight excluding hydrogens is 673 g/mol. The SMILES string of the molecule is O=C(NNCc1ccc(F)cc1)[C@@]1(Cc2ccccc2Br)N=C(c2ccc(OCCCO)cc2)O[C@H]1c1ccc(-c2ccccc2)cc1. The number of ether oxygens (including phenoxy) is 2. The van der Waals surface area contributed by atoms with Crippen LogP contribution in [0.2, 0.25) is 0 Å². The predicted molar refractivity (Wildman–Crippen MR) is 188 cm³/mol. The van der Waals surface area contributed by atoms with E-state index >= 15 is 0 Å². The molecule has 5 aromatic carbocycles. The molecule has 1 aliphatic rings. The number of carbonyl (C=O) groups is 1. The molecule has 0 saturated carbocycles. The third kappa shape index (κ3) is 7.65. The van der Waals surface area contributed by atoms with Gasteiger partial charge < -0.3 is 14.6 Å². The number of amides is 1. The fourth-order valence-electron chi connectivity index (χ4n) is 5.63. The second-order valence-electron chi connectivity index (χ2n) is 11.5. The Bertz CT molecular complexity index is 1850. The number of aliphatic hydroxyl groups excluding tert-OH is 1. The van der Waals surface area contributed by atoms with Gasteiger partial charge in [-0.2, -0.15) is 0 Å². The number of nitrogens with one attached hydrogen (secondary N) is 2. The van der Waals surface area contributed by atoms with E-state index in [0.717, 1.165) is 32.3 Å². The van der Waals surface area contributed by atoms with E-state index in [1.54, 1.807) is 12.1 Å². The van der Waals surface area contributed by atoms with Gasteiger partial charge in [-0.25, -0.2) is 14.8 Å². The molecule has 1 aliphatic heterocycles. The first-order valence-electron chi connectivity index (χ1n) is 15.7. The molecule has 0 aromatic heterocycles. The van der Waals surface area contributed by atoms with Crippen LogP contribution in [0.5, 0.6) is 5.75 Å². The maximum atomic E-state index is 14.5. The van der Waals surface area contributed by atoms with Gasteiger partial charge in [0.05, 0.1) is 6.61 Å². The van der Waals surface area contributed by atoms with Crippen LogP contribution in [0.15, 0.2) is 137 Å². The topological polar surface area (TPSA) is 92.2 Å². The summed E-state index contributed by atoms with van der Waals surface area (Å²) in [5, 5.41) is 9.10. The Morgan fingerprint density at radius 3 is 2.23 bits per heavy atom. The van der Waals surface area contributed by atoms with Gasteiger partial charge in [-0.15, -0.1) is 0 Å². The summed E-state index contributed by atoms with van der Waals surface area (Å²) in [7, 11) is 0. The molecule has 6 rings (SSSR count). The van der Waals surface area contributed by atoms with E-state index in [1.807, 2.05) is 91.0 Å². The van der Waals surface area contributed by atoms with Crippen molar-refractivity contribution in [3.8, 4) is 16.9 Å². The van der Waals surface area contributed by atoms with Crippen molar-refractivity contribution in [2.24, 2.45) is 4.99 Å². The van der Waals surface area contributed by atoms with Crippen molar-refractivity contribution in [2.75, 3.05) is 13.2 Å². The second kappa shape index (κ2) is 15.4. The molecule has 0 spiro atoms. The van der Waals surface area contributed by atoms with Crippen molar-refractivity contribution in [1.82, 2.24) is 10.9 Å². The van der Waals surface area contributed by atoms with Crippen LogP contribution in [-0.4, -0.2) is 35.7 Å². The first-order valence-corrected chi connectivity index (χ1v) is 16.5. The van der Waals surface area contributed by atoms with E-state index in [-0.39, 0.29) is 31.3 Å². The Labute approximate surface area is 287 Å². The fraction of sp³-hybridized carbons (Fsp3) is 0.179. The lowest BCUT2D eigenvalue weighted by Crippen LogP contribution is -2.53. The zero-order valence-corrected chi connectivity index (χ0v) is 27.7. The monoisotopic (exact) mass is 707 g/mol. The van der Waals surface area contributed by atoms with Gasteiger partial charge in [0.25, 0.3) is 5.91 Å². The van der Waals surface area contributed by atoms with Crippen LogP contribution in [0.1, 0.15) is 34.8 Å². The van der Waals surface area contributed by atoms with Gasteiger partial charge >= 0.3 is 0 Å². The summed E-state index contributed by atoms with van der Waals surface area (Å²) >= 11 is 3.67. The van der Waals surface area contributed by atoms with E-state index in [9.17, 15) is 9.18 Å². The highest BCUT2D eigenvalue weighted by molar-refractivity contribution is 9.10. The second-order valence-corrected chi connectivity index (χ2v) is 12.3. The molecule has 1 amide bonds. The van der Waals surface area contributed by atoms with Crippen LogP contribution in [0.4, 0.5) is 4.39 Å². The number of rotatable bonds is 13. The molecule has 0 aliphatic carbocycles. The number of hydrogen-bond donors (Lipinski definition) is 3. The highest BCUT2D eigenvalue weighted by Crippen LogP contribution is 2.43. The van der Waals surface area contributed by atoms with E-state index in [2.05, 4.69) is 38.9 Å². The third-order valence-electron chi connectivity index (χ3n) is 8.18. The van der Waals surface area contributed by atoms with Crippen molar-refractivity contribution in [3.05, 3.63) is 160 Å². The van der Waals surface area contributed by atoms with Crippen LogP contribution >= 0.6 is 15.9 Å². The fourth-order valence-corrected chi connectivity index (χ4v) is 6.06. The quantitative estimate of drug-likeness (QED) is 0.0880. The van der Waals surface area contributed by atoms with Crippen LogP contribution in [0.25, 0.3) is 11.1 Å². The normalized spacial score (nSPS) is 17.0. The maximum absolute atomic E-state index is 14.5. The number of benzene rings is 5. The highest BCUT2D eigenvalue weighted by Gasteiger charge is 2.53. The van der Waals surface area contributed by atoms with Crippen molar-refractivity contribution >= 4 is 27.7 Å². The van der Waals surface area contributed by atoms with Crippen LogP contribution in [0.3, 0.4) is 0 Å². The number of aliphatic imine (C=N–C) groups is 1. The summed E-state index contributed by atoms with van der Waals surface area (Å²) in [5.74, 6) is 0.276. The average molecular weight is 709 g/mol. The van der Waals surface area contributed by atoms with E-state index < -0.39 is 11.6 Å². The molecule has 0 radical (unpaired) electrons. The summed E-state index contributed by atoms with van der Waals surface area (Å²) < 4.78 is 26.7. The molecule has 5 aromatic rings. The molecule has 0 saturated heterocycles. The molecule has 2 atom stereocenters. The van der Waals surface area contributed by atoms with Gasteiger partial charge in [0.1, 0.15) is 11.6 Å². The highest BCUT2D eigenvalue weighted by atomic mass is 79.9. The molecule has 7 nitrogen and oxygen atoms in total. The van der Waals surface area contributed by atoms with Gasteiger partial charge in [-0.05, 0) is 70.3 Å². The summed E-state index contributed by atoms with van der Waals surface area (Å²) in [6.45, 7) is 0.730. The number of nitrogens with zero attached hydrogens (tertiary/aromatic N) is 1. The number of aliphatic hydroxyl groups is 1. The maximum Gasteiger partial charge on any atom is 0.266 e. The summed E-state index contributed by atoms with van der Waals surface area (Å²) in [5.41, 5.74) is 9.78. The predicted octanol–water partition coefficient (Wildman–Crippen LogP) is 7.34. The van der Waals surface area contributed by atoms with Crippen LogP contribution in [0, 0.1) is 5.82 Å². The molecule has 9 heteroatoms. The minimum Gasteiger partial charge on any atom is -0.494 e. The zero-order valence-electron chi connectivity index (χ0n) is 26.1. The zero-order chi connectivity index (χ0) is 33.3. The Hall–Kier alpha value is -4.83. The van der Waals surface area contributed by atoms with Crippen molar-refractivity contribution in [3.63, 3.8) is 0 Å². The smallest absolute Gasteiger partial charge is 0.266 e. The standard InChI is InChI=1S/C39H35BrFN3O4/c40-35-10-5-4-9-32(35)25-39(38(46)44-42-26-27-11-19-33(41)20-12-27)36(30-15-13-29(14-16-30)28-7-2-1-3-8-28)48-37(43-39)31-17-21-34(22-18-31)47-24-6-23-45/h1-5,7-22,36,42,45H,6,23-26H2,(H,44,46)/t36-,39-/m0/s1. The lowest BCUT2D eigenvalue weighted by atomic mass is 9.82. The molecule has 244 valence electrons. The van der Waals surface area contributed by atoms with Gasteiger partial charge in [-0.1, -0.05) is 101 Å². The average Bonchev–Trinajstić information content (AvgIpc) is 3.51. The third-order valence-corrected chi connectivity index (χ3v) is 8.95. The Morgan fingerprint density at radius 1 is 0.854 bits per heavy atom. The van der Waals surface area contributed by atoms with Gasteiger partial charge in [-0.3, -0.25) is 10.2 Å². The number of hydrazine groups is 1. The Balaban J connectivity index is 1.38. The lowest BCUT2D eigenvalue weighted by Gasteiger charge is -2.31. The van der Waals surface area contributed by atoms with Crippen molar-refractivity contribution in [2.45, 2.75) is 31.0 Å². The van der Waals surface area contributed by atoms with Gasteiger partial charge in [0.15, 0.2) is 11.6 Å². The van der Waals surface area contributed by atoms with Crippen LogP contribution in [-0.2, 0) is 22.5 Å². The number of hydrogen-bond acceptors (Lipinski definition) is 6. The minimum atomic E-state index is -1.42. The lowest BCUT2D eigenvalue weighted by molar-refractivity contribution is -0.130. The van der Waals surface area contributed by atoms with Gasteiger partial charge in [0.2, 0.25) is 5.90 Å². The Morgan fingerprint density at radius 2 is 1.52 bits per heavy atom. The summed E-state index contributed by atoms with van der Waals surface area (Å²) in [4.78, 5) is 19.6. The first kappa shape index (κ1) is 33.1. The number of carbonyl (C=O) groups excluding carboxylic acids is 1. The van der Waals surface area contributed by atoms with Crippen LogP contribution < -0.4 is 15.6 Å². The summed E-state index contributed by atoms with van der Waals surface area (Å²) in [6, 6.07) is 39.3.